The fourth-order valence-corrected chi connectivity index (χ4v) is 4.58. The van der Waals surface area contributed by atoms with Crippen LogP contribution < -0.4 is 10.5 Å². The number of ether oxygens (including phenoxy) is 1. The molecule has 0 saturated carbocycles. The van der Waals surface area contributed by atoms with E-state index in [2.05, 4.69) is 19.9 Å². The monoisotopic (exact) mass is 548 g/mol. The predicted molar refractivity (Wildman–Crippen MR) is 141 cm³/mol. The highest BCUT2D eigenvalue weighted by Crippen LogP contribution is 2.39. The van der Waals surface area contributed by atoms with Gasteiger partial charge in [0.1, 0.15) is 23.9 Å². The lowest BCUT2D eigenvalue weighted by Gasteiger charge is -2.17. The van der Waals surface area contributed by atoms with Crippen molar-refractivity contribution in [2.24, 2.45) is 0 Å². The molecule has 0 fully saturated rings. The zero-order chi connectivity index (χ0) is 28.6. The molecule has 5 rings (SSSR count). The van der Waals surface area contributed by atoms with Crippen LogP contribution in [0.1, 0.15) is 40.9 Å². The first-order valence-electron chi connectivity index (χ1n) is 12.2. The Morgan fingerprint density at radius 1 is 1.05 bits per heavy atom. The van der Waals surface area contributed by atoms with Gasteiger partial charge in [-0.25, -0.2) is 27.9 Å². The molecule has 0 amide bonds. The van der Waals surface area contributed by atoms with Gasteiger partial charge in [0.2, 0.25) is 11.8 Å². The molecule has 2 aromatic carbocycles. The number of nitrogens with zero attached hydrogens (tertiary/aromatic N) is 5. The van der Waals surface area contributed by atoms with Crippen LogP contribution in [0, 0.1) is 12.7 Å². The number of halogens is 3. The first kappa shape index (κ1) is 26.6. The lowest BCUT2D eigenvalue weighted by Crippen LogP contribution is -2.10. The number of hydrogen-bond donors (Lipinski definition) is 2. The van der Waals surface area contributed by atoms with Gasteiger partial charge in [0.05, 0.1) is 27.9 Å². The zero-order valence-corrected chi connectivity index (χ0v) is 21.4. The summed E-state index contributed by atoms with van der Waals surface area (Å²) < 4.78 is 48.9. The molecule has 0 saturated heterocycles. The van der Waals surface area contributed by atoms with Crippen molar-refractivity contribution in [3.8, 4) is 28.3 Å². The molecule has 0 radical (unpaired) electrons. The summed E-state index contributed by atoms with van der Waals surface area (Å²) in [7, 11) is 0. The Labute approximate surface area is 226 Å². The predicted octanol–water partition coefficient (Wildman–Crippen LogP) is 5.82. The maximum absolute atomic E-state index is 13.7. The van der Waals surface area contributed by atoms with Gasteiger partial charge < -0.3 is 20.1 Å². The largest absolute Gasteiger partial charge is 0.478 e. The number of fused-ring (bicyclic) bond motifs is 1. The molecule has 40 heavy (non-hydrogen) atoms. The van der Waals surface area contributed by atoms with Gasteiger partial charge in [-0.3, -0.25) is 4.98 Å². The standard InChI is InChI=1S/C28H23F3N6O3/c1-3-37-21(34-19-6-4-5-18(24(19)37)27(38)39)13-40-26-22(16-11-14(2)33-20(12-16)25(30)31)23(35-28(32)36-26)15-7-9-17(29)10-8-15/h4-12,25H,3,13H2,1-2H3,(H,38,39)(H2,32,35,36). The number of hydrogen-bond acceptors (Lipinski definition) is 7. The molecule has 0 atom stereocenters. The second-order valence-corrected chi connectivity index (χ2v) is 8.88. The van der Waals surface area contributed by atoms with Gasteiger partial charge in [0, 0.05) is 17.8 Å². The summed E-state index contributed by atoms with van der Waals surface area (Å²) in [5, 5.41) is 9.67. The second kappa shape index (κ2) is 10.6. The number of nitrogens with two attached hydrogens (primary N) is 1. The molecular formula is C28H23F3N6O3. The molecule has 5 aromatic rings. The molecule has 204 valence electrons. The van der Waals surface area contributed by atoms with Gasteiger partial charge in [-0.05, 0) is 67.9 Å². The van der Waals surface area contributed by atoms with E-state index >= 15 is 0 Å². The Kier molecular flexibility index (Phi) is 7.07. The van der Waals surface area contributed by atoms with Gasteiger partial charge in [0.25, 0.3) is 6.43 Å². The zero-order valence-electron chi connectivity index (χ0n) is 21.4. The van der Waals surface area contributed by atoms with Crippen molar-refractivity contribution < 1.29 is 27.8 Å². The highest BCUT2D eigenvalue weighted by molar-refractivity contribution is 6.01. The van der Waals surface area contributed by atoms with E-state index in [1.165, 1.54) is 36.4 Å². The van der Waals surface area contributed by atoms with E-state index in [1.807, 2.05) is 6.92 Å². The van der Waals surface area contributed by atoms with E-state index < -0.39 is 23.9 Å². The van der Waals surface area contributed by atoms with Crippen molar-refractivity contribution in [2.75, 3.05) is 5.73 Å². The van der Waals surface area contributed by atoms with Crippen LogP contribution in [0.25, 0.3) is 33.4 Å². The van der Waals surface area contributed by atoms with Crippen molar-refractivity contribution in [1.82, 2.24) is 24.5 Å². The smallest absolute Gasteiger partial charge is 0.337 e. The van der Waals surface area contributed by atoms with E-state index in [0.29, 0.717) is 40.2 Å². The molecule has 3 aromatic heterocycles. The van der Waals surface area contributed by atoms with Crippen molar-refractivity contribution in [2.45, 2.75) is 33.4 Å². The molecule has 0 bridgehead atoms. The number of para-hydroxylation sites is 1. The van der Waals surface area contributed by atoms with Gasteiger partial charge in [-0.1, -0.05) is 6.07 Å². The molecular weight excluding hydrogens is 525 g/mol. The molecule has 0 unspecified atom stereocenters. The summed E-state index contributed by atoms with van der Waals surface area (Å²) in [6, 6.07) is 13.0. The Bertz CT molecular complexity index is 1740. The summed E-state index contributed by atoms with van der Waals surface area (Å²) in [6.45, 7) is 3.67. The van der Waals surface area contributed by atoms with E-state index in [4.69, 9.17) is 10.5 Å². The summed E-state index contributed by atoms with van der Waals surface area (Å²) in [5.41, 5.74) is 8.16. The Balaban J connectivity index is 1.67. The van der Waals surface area contributed by atoms with Gasteiger partial charge in [0.15, 0.2) is 0 Å². The average molecular weight is 549 g/mol. The maximum atomic E-state index is 13.7. The number of nitrogen functional groups attached to an aromatic ring is 1. The molecule has 0 aliphatic rings. The number of alkyl halides is 2. The van der Waals surface area contributed by atoms with Crippen LogP contribution in [-0.2, 0) is 13.2 Å². The number of pyridine rings is 1. The van der Waals surface area contributed by atoms with Gasteiger partial charge >= 0.3 is 5.97 Å². The van der Waals surface area contributed by atoms with E-state index in [-0.39, 0.29) is 35.3 Å². The van der Waals surface area contributed by atoms with Crippen molar-refractivity contribution in [3.05, 3.63) is 83.2 Å². The number of aromatic nitrogens is 5. The van der Waals surface area contributed by atoms with Gasteiger partial charge in [-0.2, -0.15) is 4.98 Å². The third-order valence-electron chi connectivity index (χ3n) is 6.23. The minimum Gasteiger partial charge on any atom is -0.478 e. The number of aryl methyl sites for hydroxylation is 2. The lowest BCUT2D eigenvalue weighted by molar-refractivity contribution is 0.0698. The van der Waals surface area contributed by atoms with E-state index in [9.17, 15) is 23.1 Å². The summed E-state index contributed by atoms with van der Waals surface area (Å²) in [6.07, 6.45) is -2.83. The molecule has 3 N–H and O–H groups in total. The SMILES string of the molecule is CCn1c(COc2nc(N)nc(-c3ccc(F)cc3)c2-c2cc(C)nc(C(F)F)c2)nc2cccc(C(=O)O)c21. The average Bonchev–Trinajstić information content (AvgIpc) is 3.29. The summed E-state index contributed by atoms with van der Waals surface area (Å²) >= 11 is 0. The highest BCUT2D eigenvalue weighted by Gasteiger charge is 2.23. The molecule has 0 aliphatic carbocycles. The third kappa shape index (κ3) is 5.03. The quantitative estimate of drug-likeness (QED) is 0.248. The lowest BCUT2D eigenvalue weighted by atomic mass is 9.99. The fourth-order valence-electron chi connectivity index (χ4n) is 4.58. The summed E-state index contributed by atoms with van der Waals surface area (Å²) in [5.74, 6) is -1.33. The van der Waals surface area contributed by atoms with E-state index in [0.717, 1.165) is 0 Å². The third-order valence-corrected chi connectivity index (χ3v) is 6.23. The Hall–Kier alpha value is -5.00. The van der Waals surface area contributed by atoms with Crippen LogP contribution in [0.2, 0.25) is 0 Å². The van der Waals surface area contributed by atoms with Crippen LogP contribution >= 0.6 is 0 Å². The summed E-state index contributed by atoms with van der Waals surface area (Å²) in [4.78, 5) is 28.9. The molecule has 12 heteroatoms. The number of carboxylic acid groups (broad SMARTS) is 1. The highest BCUT2D eigenvalue weighted by atomic mass is 19.3. The van der Waals surface area contributed by atoms with Crippen LogP contribution in [-0.4, -0.2) is 35.6 Å². The fraction of sp³-hybridized carbons (Fsp3) is 0.179. The Morgan fingerprint density at radius 3 is 2.48 bits per heavy atom. The number of anilines is 1. The number of aromatic carboxylic acids is 1. The minimum absolute atomic E-state index is 0.0224. The van der Waals surface area contributed by atoms with Crippen LogP contribution in [0.3, 0.4) is 0 Å². The number of imidazole rings is 1. The maximum Gasteiger partial charge on any atom is 0.337 e. The van der Waals surface area contributed by atoms with E-state index in [1.54, 1.807) is 29.7 Å². The first-order chi connectivity index (χ1) is 19.2. The topological polar surface area (TPSA) is 129 Å². The number of carbonyl (C=O) groups is 1. The molecule has 0 aliphatic heterocycles. The van der Waals surface area contributed by atoms with Crippen LogP contribution in [0.5, 0.6) is 5.88 Å². The van der Waals surface area contributed by atoms with Crippen molar-refractivity contribution >= 4 is 23.0 Å². The molecule has 0 spiro atoms. The number of benzene rings is 2. The van der Waals surface area contributed by atoms with Gasteiger partial charge in [-0.15, -0.1) is 0 Å². The van der Waals surface area contributed by atoms with Crippen molar-refractivity contribution in [1.29, 1.82) is 0 Å². The molecule has 3 heterocycles. The second-order valence-electron chi connectivity index (χ2n) is 8.88. The minimum atomic E-state index is -2.83. The Morgan fingerprint density at radius 2 is 1.80 bits per heavy atom. The number of carboxylic acids is 1. The van der Waals surface area contributed by atoms with Crippen LogP contribution in [0.15, 0.2) is 54.6 Å². The normalized spacial score (nSPS) is 11.3. The van der Waals surface area contributed by atoms with Crippen LogP contribution in [0.4, 0.5) is 19.1 Å². The van der Waals surface area contributed by atoms with Crippen molar-refractivity contribution in [3.63, 3.8) is 0 Å². The number of rotatable bonds is 8. The first-order valence-corrected chi connectivity index (χ1v) is 12.2. The molecule has 9 nitrogen and oxygen atoms in total.